The maximum Gasteiger partial charge on any atom is 0.255 e. The van der Waals surface area contributed by atoms with Crippen LogP contribution in [0.2, 0.25) is 10.2 Å². The molecule has 6 nitrogen and oxygen atoms in total. The third kappa shape index (κ3) is 2.31. The number of anilines is 1. The Labute approximate surface area is 146 Å². The standard InChI is InChI=1S/C15H12Cl2FN5O/c1-8-5-6-24-23(8)14-12(11-9(16)3-2-4-10(11)18)13(17)21-15-19-7-20-22(14)15/h2-4,7-8H,5-6H2,1H3. The lowest BCUT2D eigenvalue weighted by Gasteiger charge is -2.25. The summed E-state index contributed by atoms with van der Waals surface area (Å²) in [6.45, 7) is 2.54. The lowest BCUT2D eigenvalue weighted by atomic mass is 10.1. The van der Waals surface area contributed by atoms with Crippen LogP contribution in [-0.2, 0) is 4.84 Å². The highest BCUT2D eigenvalue weighted by Gasteiger charge is 2.31. The topological polar surface area (TPSA) is 55.5 Å². The Bertz CT molecular complexity index is 911. The van der Waals surface area contributed by atoms with Crippen LogP contribution in [0.3, 0.4) is 0 Å². The summed E-state index contributed by atoms with van der Waals surface area (Å²) in [5, 5.41) is 6.15. The normalized spacial score (nSPS) is 17.8. The smallest absolute Gasteiger partial charge is 0.255 e. The molecule has 1 aromatic carbocycles. The first kappa shape index (κ1) is 15.6. The van der Waals surface area contributed by atoms with E-state index in [0.717, 1.165) is 6.42 Å². The van der Waals surface area contributed by atoms with Gasteiger partial charge in [0.25, 0.3) is 5.78 Å². The summed E-state index contributed by atoms with van der Waals surface area (Å²) in [6, 6.07) is 4.51. The van der Waals surface area contributed by atoms with Crippen LogP contribution in [0.5, 0.6) is 0 Å². The van der Waals surface area contributed by atoms with Crippen molar-refractivity contribution in [3.63, 3.8) is 0 Å². The number of hydroxylamine groups is 1. The van der Waals surface area contributed by atoms with Gasteiger partial charge in [0.2, 0.25) is 0 Å². The minimum Gasteiger partial charge on any atom is -0.272 e. The number of hydrogen-bond donors (Lipinski definition) is 0. The van der Waals surface area contributed by atoms with E-state index in [2.05, 4.69) is 15.1 Å². The average Bonchev–Trinajstić information content (AvgIpc) is 3.16. The maximum absolute atomic E-state index is 14.5. The van der Waals surface area contributed by atoms with E-state index in [0.29, 0.717) is 23.8 Å². The van der Waals surface area contributed by atoms with E-state index in [1.54, 1.807) is 11.1 Å². The minimum absolute atomic E-state index is 0.0557. The first-order valence-electron chi connectivity index (χ1n) is 7.33. The summed E-state index contributed by atoms with van der Waals surface area (Å²) >= 11 is 12.6. The molecule has 1 fully saturated rings. The van der Waals surface area contributed by atoms with Gasteiger partial charge >= 0.3 is 0 Å². The van der Waals surface area contributed by atoms with Gasteiger partial charge in [-0.15, -0.1) is 0 Å². The quantitative estimate of drug-likeness (QED) is 0.645. The summed E-state index contributed by atoms with van der Waals surface area (Å²) in [5.74, 6) is 0.257. The van der Waals surface area contributed by atoms with Crippen molar-refractivity contribution in [1.82, 2.24) is 19.6 Å². The highest BCUT2D eigenvalue weighted by molar-refractivity contribution is 6.36. The highest BCUT2D eigenvalue weighted by atomic mass is 35.5. The number of hydrogen-bond acceptors (Lipinski definition) is 5. The Morgan fingerprint density at radius 1 is 1.29 bits per heavy atom. The van der Waals surface area contributed by atoms with Crippen molar-refractivity contribution in [3.05, 3.63) is 40.5 Å². The molecule has 3 aromatic rings. The van der Waals surface area contributed by atoms with Crippen LogP contribution < -0.4 is 5.06 Å². The lowest BCUT2D eigenvalue weighted by molar-refractivity contribution is 0.157. The van der Waals surface area contributed by atoms with Crippen LogP contribution >= 0.6 is 23.2 Å². The minimum atomic E-state index is -0.501. The maximum atomic E-state index is 14.5. The molecule has 0 radical (unpaired) electrons. The van der Waals surface area contributed by atoms with Gasteiger partial charge in [-0.3, -0.25) is 4.84 Å². The number of fused-ring (bicyclic) bond motifs is 1. The molecule has 1 unspecified atom stereocenters. The molecule has 0 amide bonds. The molecule has 3 heterocycles. The number of aromatic nitrogens is 4. The summed E-state index contributed by atoms with van der Waals surface area (Å²) in [7, 11) is 0. The first-order valence-corrected chi connectivity index (χ1v) is 8.09. The molecular weight excluding hydrogens is 356 g/mol. The van der Waals surface area contributed by atoms with E-state index in [4.69, 9.17) is 28.0 Å². The van der Waals surface area contributed by atoms with Gasteiger partial charge in [0, 0.05) is 5.56 Å². The molecule has 1 atom stereocenters. The number of nitrogens with zero attached hydrogens (tertiary/aromatic N) is 5. The molecule has 0 N–H and O–H groups in total. The molecule has 0 aliphatic carbocycles. The number of benzene rings is 1. The molecule has 24 heavy (non-hydrogen) atoms. The van der Waals surface area contributed by atoms with Gasteiger partial charge in [0.05, 0.1) is 23.2 Å². The summed E-state index contributed by atoms with van der Waals surface area (Å²) < 4.78 is 16.0. The van der Waals surface area contributed by atoms with E-state index < -0.39 is 5.82 Å². The van der Waals surface area contributed by atoms with Crippen molar-refractivity contribution in [1.29, 1.82) is 0 Å². The SMILES string of the molecule is CC1CCON1c1c(-c2c(F)cccc2Cl)c(Cl)nc2ncnn12. The van der Waals surface area contributed by atoms with E-state index in [1.807, 2.05) is 6.92 Å². The van der Waals surface area contributed by atoms with Crippen LogP contribution in [-0.4, -0.2) is 32.2 Å². The molecule has 0 saturated carbocycles. The largest absolute Gasteiger partial charge is 0.272 e. The van der Waals surface area contributed by atoms with Crippen molar-refractivity contribution in [3.8, 4) is 11.1 Å². The predicted octanol–water partition coefficient (Wildman–Crippen LogP) is 3.77. The van der Waals surface area contributed by atoms with Gasteiger partial charge in [-0.2, -0.15) is 19.6 Å². The summed E-state index contributed by atoms with van der Waals surface area (Å²) in [6.07, 6.45) is 2.18. The van der Waals surface area contributed by atoms with Gasteiger partial charge in [-0.05, 0) is 25.5 Å². The van der Waals surface area contributed by atoms with E-state index in [-0.39, 0.29) is 21.8 Å². The van der Waals surface area contributed by atoms with Gasteiger partial charge in [0.1, 0.15) is 17.3 Å². The lowest BCUT2D eigenvalue weighted by Crippen LogP contribution is -2.28. The fourth-order valence-corrected chi connectivity index (χ4v) is 3.31. The van der Waals surface area contributed by atoms with Crippen LogP contribution in [0, 0.1) is 5.82 Å². The molecular formula is C15H12Cl2FN5O. The van der Waals surface area contributed by atoms with Crippen molar-refractivity contribution in [2.24, 2.45) is 0 Å². The molecule has 4 rings (SSSR count). The van der Waals surface area contributed by atoms with E-state index >= 15 is 0 Å². The van der Waals surface area contributed by atoms with Gasteiger partial charge < -0.3 is 0 Å². The van der Waals surface area contributed by atoms with Gasteiger partial charge in [-0.1, -0.05) is 29.3 Å². The Morgan fingerprint density at radius 3 is 2.83 bits per heavy atom. The molecule has 1 aliphatic rings. The Morgan fingerprint density at radius 2 is 2.12 bits per heavy atom. The second kappa shape index (κ2) is 5.84. The number of halogens is 3. The first-order chi connectivity index (χ1) is 11.6. The molecule has 2 aromatic heterocycles. The molecule has 124 valence electrons. The molecule has 1 aliphatic heterocycles. The van der Waals surface area contributed by atoms with E-state index in [9.17, 15) is 4.39 Å². The zero-order chi connectivity index (χ0) is 16.8. The molecule has 0 bridgehead atoms. The monoisotopic (exact) mass is 367 g/mol. The third-order valence-corrected chi connectivity index (χ3v) is 4.53. The Balaban J connectivity index is 2.09. The van der Waals surface area contributed by atoms with Crippen molar-refractivity contribution in [2.75, 3.05) is 11.7 Å². The van der Waals surface area contributed by atoms with E-state index in [1.165, 1.54) is 23.0 Å². The average molecular weight is 368 g/mol. The zero-order valence-corrected chi connectivity index (χ0v) is 14.1. The van der Waals surface area contributed by atoms with Gasteiger partial charge in [-0.25, -0.2) is 9.45 Å². The number of rotatable bonds is 2. The van der Waals surface area contributed by atoms with Crippen LogP contribution in [0.25, 0.3) is 16.9 Å². The van der Waals surface area contributed by atoms with Crippen molar-refractivity contribution < 1.29 is 9.23 Å². The fourth-order valence-electron chi connectivity index (χ4n) is 2.79. The third-order valence-electron chi connectivity index (χ3n) is 3.95. The van der Waals surface area contributed by atoms with Crippen LogP contribution in [0.15, 0.2) is 24.5 Å². The second-order valence-electron chi connectivity index (χ2n) is 5.47. The van der Waals surface area contributed by atoms with Crippen LogP contribution in [0.4, 0.5) is 10.2 Å². The Hall–Kier alpha value is -1.96. The summed E-state index contributed by atoms with van der Waals surface area (Å²) in [4.78, 5) is 14.0. The van der Waals surface area contributed by atoms with Gasteiger partial charge in [0.15, 0.2) is 5.82 Å². The predicted molar refractivity (Wildman–Crippen MR) is 88.7 cm³/mol. The van der Waals surface area contributed by atoms with Crippen molar-refractivity contribution in [2.45, 2.75) is 19.4 Å². The molecule has 0 spiro atoms. The Kier molecular flexibility index (Phi) is 3.79. The summed E-state index contributed by atoms with van der Waals surface area (Å²) in [5.41, 5.74) is 0.485. The van der Waals surface area contributed by atoms with Crippen molar-refractivity contribution >= 4 is 34.8 Å². The fraction of sp³-hybridized carbons (Fsp3) is 0.267. The molecule has 1 saturated heterocycles. The van der Waals surface area contributed by atoms with Crippen LogP contribution in [0.1, 0.15) is 13.3 Å². The molecule has 9 heteroatoms. The zero-order valence-electron chi connectivity index (χ0n) is 12.6. The second-order valence-corrected chi connectivity index (χ2v) is 6.23. The highest BCUT2D eigenvalue weighted by Crippen LogP contribution is 2.42.